The van der Waals surface area contributed by atoms with Crippen LogP contribution in [0.2, 0.25) is 0 Å². The van der Waals surface area contributed by atoms with Crippen molar-refractivity contribution in [2.24, 2.45) is 0 Å². The van der Waals surface area contributed by atoms with Crippen LogP contribution in [0.5, 0.6) is 0 Å². The van der Waals surface area contributed by atoms with Crippen LogP contribution in [0, 0.1) is 0 Å². The minimum absolute atomic E-state index is 0.127. The summed E-state index contributed by atoms with van der Waals surface area (Å²) in [6.07, 6.45) is 5.35. The quantitative estimate of drug-likeness (QED) is 0.827. The molecule has 0 amide bonds. The molecule has 2 rings (SSSR count). The molecule has 1 saturated carbocycles. The highest BCUT2D eigenvalue weighted by molar-refractivity contribution is 7.09. The molecule has 0 saturated heterocycles. The van der Waals surface area contributed by atoms with Gasteiger partial charge in [0.15, 0.2) is 0 Å². The number of hydrogen-bond donors (Lipinski definition) is 2. The van der Waals surface area contributed by atoms with E-state index >= 15 is 0 Å². The van der Waals surface area contributed by atoms with Gasteiger partial charge in [0.2, 0.25) is 0 Å². The molecular weight excluding hydrogens is 218 g/mol. The van der Waals surface area contributed by atoms with Gasteiger partial charge in [-0.2, -0.15) is 0 Å². The van der Waals surface area contributed by atoms with Crippen LogP contribution in [-0.2, 0) is 6.42 Å². The second kappa shape index (κ2) is 5.80. The largest absolute Gasteiger partial charge is 0.392 e. The average Bonchev–Trinajstić information content (AvgIpc) is 2.90. The lowest BCUT2D eigenvalue weighted by Gasteiger charge is -2.23. The first kappa shape index (κ1) is 12.1. The Morgan fingerprint density at radius 3 is 3.00 bits per heavy atom. The molecule has 0 aliphatic heterocycles. The Balaban J connectivity index is 1.85. The van der Waals surface area contributed by atoms with Crippen LogP contribution < -0.4 is 5.32 Å². The molecule has 1 aromatic rings. The summed E-state index contributed by atoms with van der Waals surface area (Å²) in [4.78, 5) is 1.44. The lowest BCUT2D eigenvalue weighted by Crippen LogP contribution is -2.43. The van der Waals surface area contributed by atoms with E-state index in [1.54, 1.807) is 0 Å². The van der Waals surface area contributed by atoms with Crippen molar-refractivity contribution in [3.05, 3.63) is 22.4 Å². The SMILES string of the molecule is CCC(Cc1cccs1)NC1CCCC1O. The van der Waals surface area contributed by atoms with Gasteiger partial charge in [-0.3, -0.25) is 0 Å². The van der Waals surface area contributed by atoms with Crippen molar-refractivity contribution in [3.8, 4) is 0 Å². The van der Waals surface area contributed by atoms with Crippen molar-refractivity contribution in [1.82, 2.24) is 5.32 Å². The molecule has 3 heteroatoms. The monoisotopic (exact) mass is 239 g/mol. The first-order valence-electron chi connectivity index (χ1n) is 6.26. The van der Waals surface area contributed by atoms with Crippen LogP contribution in [0.25, 0.3) is 0 Å². The van der Waals surface area contributed by atoms with E-state index in [9.17, 15) is 5.11 Å². The molecule has 90 valence electrons. The van der Waals surface area contributed by atoms with E-state index in [2.05, 4.69) is 29.8 Å². The highest BCUT2D eigenvalue weighted by atomic mass is 32.1. The summed E-state index contributed by atoms with van der Waals surface area (Å²) >= 11 is 1.82. The van der Waals surface area contributed by atoms with Gasteiger partial charge >= 0.3 is 0 Å². The number of aliphatic hydroxyl groups excluding tert-OH is 1. The van der Waals surface area contributed by atoms with Gasteiger partial charge in [-0.15, -0.1) is 11.3 Å². The van der Waals surface area contributed by atoms with Crippen molar-refractivity contribution in [2.75, 3.05) is 0 Å². The Bertz CT molecular complexity index is 299. The Hall–Kier alpha value is -0.380. The molecule has 0 aromatic carbocycles. The first-order valence-corrected chi connectivity index (χ1v) is 7.14. The molecule has 1 heterocycles. The Kier molecular flexibility index (Phi) is 4.38. The maximum absolute atomic E-state index is 9.80. The topological polar surface area (TPSA) is 32.3 Å². The van der Waals surface area contributed by atoms with Crippen molar-refractivity contribution >= 4 is 11.3 Å². The third-order valence-electron chi connectivity index (χ3n) is 3.45. The summed E-state index contributed by atoms with van der Waals surface area (Å²) in [7, 11) is 0. The predicted molar refractivity (Wildman–Crippen MR) is 68.9 cm³/mol. The predicted octanol–water partition coefficient (Wildman–Crippen LogP) is 2.57. The molecule has 16 heavy (non-hydrogen) atoms. The van der Waals surface area contributed by atoms with Gasteiger partial charge in [-0.05, 0) is 43.6 Å². The summed E-state index contributed by atoms with van der Waals surface area (Å²) in [5.41, 5.74) is 0. The van der Waals surface area contributed by atoms with Crippen LogP contribution in [0.1, 0.15) is 37.5 Å². The van der Waals surface area contributed by atoms with Crippen molar-refractivity contribution in [3.63, 3.8) is 0 Å². The van der Waals surface area contributed by atoms with E-state index in [-0.39, 0.29) is 6.10 Å². The van der Waals surface area contributed by atoms with Crippen LogP contribution in [-0.4, -0.2) is 23.3 Å². The molecule has 3 unspecified atom stereocenters. The van der Waals surface area contributed by atoms with Crippen molar-refractivity contribution < 1.29 is 5.11 Å². The third kappa shape index (κ3) is 3.06. The summed E-state index contributed by atoms with van der Waals surface area (Å²) in [6, 6.07) is 5.14. The molecule has 3 atom stereocenters. The fourth-order valence-electron chi connectivity index (χ4n) is 2.43. The van der Waals surface area contributed by atoms with Crippen molar-refractivity contribution in [2.45, 2.75) is 57.2 Å². The van der Waals surface area contributed by atoms with Gasteiger partial charge in [0.05, 0.1) is 6.10 Å². The zero-order valence-electron chi connectivity index (χ0n) is 9.86. The van der Waals surface area contributed by atoms with Gasteiger partial charge in [0.1, 0.15) is 0 Å². The molecule has 1 aliphatic carbocycles. The molecule has 1 aromatic heterocycles. The molecule has 2 nitrogen and oxygen atoms in total. The standard InChI is InChI=1S/C13H21NOS/c1-2-10(9-11-5-4-8-16-11)14-12-6-3-7-13(12)15/h4-5,8,10,12-15H,2-3,6-7,9H2,1H3. The van der Waals surface area contributed by atoms with E-state index in [4.69, 9.17) is 0 Å². The normalized spacial score (nSPS) is 27.1. The molecular formula is C13H21NOS. The van der Waals surface area contributed by atoms with Crippen LogP contribution in [0.3, 0.4) is 0 Å². The fourth-order valence-corrected chi connectivity index (χ4v) is 3.22. The highest BCUT2D eigenvalue weighted by Crippen LogP contribution is 2.21. The maximum Gasteiger partial charge on any atom is 0.0693 e. The zero-order chi connectivity index (χ0) is 11.4. The Morgan fingerprint density at radius 1 is 1.56 bits per heavy atom. The minimum Gasteiger partial charge on any atom is -0.392 e. The molecule has 1 fully saturated rings. The third-order valence-corrected chi connectivity index (χ3v) is 4.35. The molecule has 0 radical (unpaired) electrons. The van der Waals surface area contributed by atoms with E-state index in [1.165, 1.54) is 4.88 Å². The maximum atomic E-state index is 9.80. The number of rotatable bonds is 5. The highest BCUT2D eigenvalue weighted by Gasteiger charge is 2.26. The van der Waals surface area contributed by atoms with Crippen LogP contribution >= 0.6 is 11.3 Å². The summed E-state index contributed by atoms with van der Waals surface area (Å²) < 4.78 is 0. The van der Waals surface area contributed by atoms with Crippen LogP contribution in [0.4, 0.5) is 0 Å². The van der Waals surface area contributed by atoms with E-state index in [0.29, 0.717) is 12.1 Å². The minimum atomic E-state index is -0.127. The fraction of sp³-hybridized carbons (Fsp3) is 0.692. The second-order valence-corrected chi connectivity index (χ2v) is 5.69. The van der Waals surface area contributed by atoms with Gasteiger partial charge in [0.25, 0.3) is 0 Å². The molecule has 0 bridgehead atoms. The number of thiophene rings is 1. The summed E-state index contributed by atoms with van der Waals surface area (Å²) in [6.45, 7) is 2.21. The van der Waals surface area contributed by atoms with Gasteiger partial charge in [0, 0.05) is 17.0 Å². The Morgan fingerprint density at radius 2 is 2.44 bits per heavy atom. The Labute approximate surface area is 102 Å². The molecule has 1 aliphatic rings. The van der Waals surface area contributed by atoms with E-state index in [0.717, 1.165) is 32.1 Å². The van der Waals surface area contributed by atoms with Gasteiger partial charge in [-0.25, -0.2) is 0 Å². The molecule has 2 N–H and O–H groups in total. The molecule has 0 spiro atoms. The first-order chi connectivity index (χ1) is 7.79. The number of aliphatic hydroxyl groups is 1. The van der Waals surface area contributed by atoms with Gasteiger partial charge in [-0.1, -0.05) is 13.0 Å². The lowest BCUT2D eigenvalue weighted by atomic mass is 10.1. The summed E-state index contributed by atoms with van der Waals surface area (Å²) in [5, 5.41) is 15.5. The van der Waals surface area contributed by atoms with Crippen LogP contribution in [0.15, 0.2) is 17.5 Å². The second-order valence-electron chi connectivity index (χ2n) is 4.66. The smallest absolute Gasteiger partial charge is 0.0693 e. The average molecular weight is 239 g/mol. The summed E-state index contributed by atoms with van der Waals surface area (Å²) in [5.74, 6) is 0. The van der Waals surface area contributed by atoms with E-state index < -0.39 is 0 Å². The van der Waals surface area contributed by atoms with Gasteiger partial charge < -0.3 is 10.4 Å². The zero-order valence-corrected chi connectivity index (χ0v) is 10.7. The van der Waals surface area contributed by atoms with Crippen molar-refractivity contribution in [1.29, 1.82) is 0 Å². The lowest BCUT2D eigenvalue weighted by molar-refractivity contribution is 0.142. The number of hydrogen-bond acceptors (Lipinski definition) is 3. The van der Waals surface area contributed by atoms with E-state index in [1.807, 2.05) is 11.3 Å². The number of nitrogens with one attached hydrogen (secondary N) is 1.